The van der Waals surface area contributed by atoms with Crippen LogP contribution in [0, 0.1) is 0 Å². The average Bonchev–Trinajstić information content (AvgIpc) is 2.86. The Hall–Kier alpha value is -2.10. The van der Waals surface area contributed by atoms with Gasteiger partial charge in [-0.1, -0.05) is 30.3 Å². The van der Waals surface area contributed by atoms with Crippen LogP contribution in [0.4, 0.5) is 0 Å². The van der Waals surface area contributed by atoms with E-state index >= 15 is 0 Å². The lowest BCUT2D eigenvalue weighted by molar-refractivity contribution is -0.133. The summed E-state index contributed by atoms with van der Waals surface area (Å²) in [6.45, 7) is 0.603. The third kappa shape index (κ3) is 2.77. The first-order valence-corrected chi connectivity index (χ1v) is 6.01. The van der Waals surface area contributed by atoms with Gasteiger partial charge in [0.2, 0.25) is 11.8 Å². The fraction of sp³-hybridized carbons (Fsp3) is 0.286. The zero-order valence-corrected chi connectivity index (χ0v) is 10.1. The lowest BCUT2D eigenvalue weighted by atomic mass is 10.2. The first kappa shape index (κ1) is 12.4. The summed E-state index contributed by atoms with van der Waals surface area (Å²) in [5, 5.41) is 0. The Morgan fingerprint density at radius 1 is 1.28 bits per heavy atom. The molecule has 1 saturated heterocycles. The summed E-state index contributed by atoms with van der Waals surface area (Å²) < 4.78 is 0. The molecule has 2 rings (SSSR count). The van der Waals surface area contributed by atoms with E-state index in [1.54, 1.807) is 11.0 Å². The van der Waals surface area contributed by atoms with Crippen molar-refractivity contribution in [1.29, 1.82) is 0 Å². The molecule has 4 nitrogen and oxygen atoms in total. The Morgan fingerprint density at radius 2 is 2.00 bits per heavy atom. The van der Waals surface area contributed by atoms with Gasteiger partial charge in [0, 0.05) is 12.6 Å². The summed E-state index contributed by atoms with van der Waals surface area (Å²) in [6, 6.07) is 9.12. The van der Waals surface area contributed by atoms with Crippen molar-refractivity contribution in [3.8, 4) is 0 Å². The molecule has 1 fully saturated rings. The quantitative estimate of drug-likeness (QED) is 0.811. The van der Waals surface area contributed by atoms with E-state index in [1.807, 2.05) is 30.3 Å². The summed E-state index contributed by atoms with van der Waals surface area (Å²) in [5.74, 6) is -0.575. The minimum atomic E-state index is -0.446. The fourth-order valence-corrected chi connectivity index (χ4v) is 2.15. The first-order valence-electron chi connectivity index (χ1n) is 6.01. The maximum Gasteiger partial charge on any atom is 0.247 e. The van der Waals surface area contributed by atoms with Crippen molar-refractivity contribution in [2.75, 3.05) is 6.54 Å². The van der Waals surface area contributed by atoms with Crippen molar-refractivity contribution in [2.24, 2.45) is 5.73 Å². The van der Waals surface area contributed by atoms with Gasteiger partial charge in [0.25, 0.3) is 0 Å². The van der Waals surface area contributed by atoms with Gasteiger partial charge in [-0.15, -0.1) is 0 Å². The molecule has 4 heteroatoms. The van der Waals surface area contributed by atoms with Crippen molar-refractivity contribution in [3.63, 3.8) is 0 Å². The minimum Gasteiger partial charge on any atom is -0.368 e. The highest BCUT2D eigenvalue weighted by molar-refractivity contribution is 5.95. The second-order valence-electron chi connectivity index (χ2n) is 4.34. The van der Waals surface area contributed by atoms with Crippen molar-refractivity contribution >= 4 is 17.9 Å². The van der Waals surface area contributed by atoms with Gasteiger partial charge in [-0.2, -0.15) is 0 Å². The molecule has 1 atom stereocenters. The van der Waals surface area contributed by atoms with E-state index < -0.39 is 11.9 Å². The number of rotatable bonds is 3. The van der Waals surface area contributed by atoms with Crippen molar-refractivity contribution < 1.29 is 9.59 Å². The zero-order chi connectivity index (χ0) is 13.0. The van der Waals surface area contributed by atoms with Gasteiger partial charge in [-0.05, 0) is 24.5 Å². The second-order valence-corrected chi connectivity index (χ2v) is 4.34. The van der Waals surface area contributed by atoms with Crippen molar-refractivity contribution in [2.45, 2.75) is 18.9 Å². The van der Waals surface area contributed by atoms with Crippen LogP contribution in [0.5, 0.6) is 0 Å². The van der Waals surface area contributed by atoms with Gasteiger partial charge >= 0.3 is 0 Å². The van der Waals surface area contributed by atoms with Crippen LogP contribution in [-0.4, -0.2) is 29.3 Å². The van der Waals surface area contributed by atoms with E-state index in [1.165, 1.54) is 6.08 Å². The zero-order valence-electron chi connectivity index (χ0n) is 10.1. The number of nitrogens with two attached hydrogens (primary N) is 1. The number of nitrogens with zero attached hydrogens (tertiary/aromatic N) is 1. The highest BCUT2D eigenvalue weighted by Crippen LogP contribution is 2.17. The molecule has 94 valence electrons. The monoisotopic (exact) mass is 244 g/mol. The SMILES string of the molecule is NC(=O)[C@H]1CCCN1C(=O)/C=C\c1ccccc1. The smallest absolute Gasteiger partial charge is 0.247 e. The molecule has 1 heterocycles. The van der Waals surface area contributed by atoms with Crippen LogP contribution in [0.1, 0.15) is 18.4 Å². The Labute approximate surface area is 106 Å². The van der Waals surface area contributed by atoms with E-state index in [4.69, 9.17) is 5.73 Å². The summed E-state index contributed by atoms with van der Waals surface area (Å²) in [6.07, 6.45) is 4.74. The predicted octanol–water partition coefficient (Wildman–Crippen LogP) is 1.18. The van der Waals surface area contributed by atoms with Gasteiger partial charge in [0.15, 0.2) is 0 Å². The number of benzene rings is 1. The van der Waals surface area contributed by atoms with Gasteiger partial charge < -0.3 is 10.6 Å². The lowest BCUT2D eigenvalue weighted by Crippen LogP contribution is -2.42. The predicted molar refractivity (Wildman–Crippen MR) is 69.4 cm³/mol. The molecule has 2 amide bonds. The molecule has 2 N–H and O–H groups in total. The molecule has 1 aliphatic heterocycles. The van der Waals surface area contributed by atoms with E-state index in [0.29, 0.717) is 13.0 Å². The van der Waals surface area contributed by atoms with E-state index in [9.17, 15) is 9.59 Å². The highest BCUT2D eigenvalue weighted by Gasteiger charge is 2.31. The van der Waals surface area contributed by atoms with Crippen molar-refractivity contribution in [3.05, 3.63) is 42.0 Å². The number of hydrogen-bond donors (Lipinski definition) is 1. The topological polar surface area (TPSA) is 63.4 Å². The van der Waals surface area contributed by atoms with Crippen LogP contribution in [-0.2, 0) is 9.59 Å². The first-order chi connectivity index (χ1) is 8.68. The van der Waals surface area contributed by atoms with Gasteiger partial charge in [-0.3, -0.25) is 9.59 Å². The van der Waals surface area contributed by atoms with Crippen LogP contribution in [0.3, 0.4) is 0 Å². The minimum absolute atomic E-state index is 0.153. The van der Waals surface area contributed by atoms with E-state index in [-0.39, 0.29) is 5.91 Å². The third-order valence-electron chi connectivity index (χ3n) is 3.08. The third-order valence-corrected chi connectivity index (χ3v) is 3.08. The molecule has 1 aromatic rings. The number of primary amides is 1. The van der Waals surface area contributed by atoms with E-state index in [0.717, 1.165) is 12.0 Å². The van der Waals surface area contributed by atoms with Gasteiger partial charge in [0.05, 0.1) is 0 Å². The molecular formula is C14H16N2O2. The Balaban J connectivity index is 2.04. The summed E-state index contributed by atoms with van der Waals surface area (Å²) >= 11 is 0. The summed E-state index contributed by atoms with van der Waals surface area (Å²) in [7, 11) is 0. The number of hydrogen-bond acceptors (Lipinski definition) is 2. The van der Waals surface area contributed by atoms with E-state index in [2.05, 4.69) is 0 Å². The fourth-order valence-electron chi connectivity index (χ4n) is 2.15. The molecular weight excluding hydrogens is 228 g/mol. The van der Waals surface area contributed by atoms with Crippen LogP contribution in [0.2, 0.25) is 0 Å². The van der Waals surface area contributed by atoms with Gasteiger partial charge in [-0.25, -0.2) is 0 Å². The molecule has 0 aliphatic carbocycles. The standard InChI is InChI=1S/C14H16N2O2/c15-14(18)12-7-4-10-16(12)13(17)9-8-11-5-2-1-3-6-11/h1-3,5-6,8-9,12H,4,7,10H2,(H2,15,18)/b9-8-/t12-/m1/s1. The molecule has 18 heavy (non-hydrogen) atoms. The molecule has 0 bridgehead atoms. The number of amides is 2. The van der Waals surface area contributed by atoms with Crippen molar-refractivity contribution in [1.82, 2.24) is 4.90 Å². The Kier molecular flexibility index (Phi) is 3.77. The Bertz CT molecular complexity index is 468. The molecule has 0 saturated carbocycles. The largest absolute Gasteiger partial charge is 0.368 e. The molecule has 0 aromatic heterocycles. The summed E-state index contributed by atoms with van der Waals surface area (Å²) in [5.41, 5.74) is 6.24. The second kappa shape index (κ2) is 5.49. The molecule has 0 radical (unpaired) electrons. The molecule has 0 spiro atoms. The molecule has 1 aromatic carbocycles. The average molecular weight is 244 g/mol. The summed E-state index contributed by atoms with van der Waals surface area (Å²) in [4.78, 5) is 24.7. The van der Waals surface area contributed by atoms with Gasteiger partial charge in [0.1, 0.15) is 6.04 Å². The number of carbonyl (C=O) groups is 2. The molecule has 0 unspecified atom stereocenters. The number of likely N-dealkylation sites (tertiary alicyclic amines) is 1. The number of carbonyl (C=O) groups excluding carboxylic acids is 2. The highest BCUT2D eigenvalue weighted by atomic mass is 16.2. The lowest BCUT2D eigenvalue weighted by Gasteiger charge is -2.20. The molecule has 1 aliphatic rings. The van der Waals surface area contributed by atoms with Crippen LogP contribution >= 0.6 is 0 Å². The maximum atomic E-state index is 12.0. The van der Waals surface area contributed by atoms with Crippen LogP contribution < -0.4 is 5.73 Å². The maximum absolute atomic E-state index is 12.0. The normalized spacial score (nSPS) is 19.3. The van der Waals surface area contributed by atoms with Crippen LogP contribution in [0.25, 0.3) is 6.08 Å². The Morgan fingerprint density at radius 3 is 2.67 bits per heavy atom. The van der Waals surface area contributed by atoms with Crippen LogP contribution in [0.15, 0.2) is 36.4 Å².